The number of amides is 1. The zero-order valence-electron chi connectivity index (χ0n) is 9.28. The van der Waals surface area contributed by atoms with Gasteiger partial charge in [0.1, 0.15) is 0 Å². The largest absolute Gasteiger partial charge is 0.369 e. The van der Waals surface area contributed by atoms with E-state index in [0.29, 0.717) is 6.42 Å². The molecular weight excluding hydrogens is 188 g/mol. The Labute approximate surface area is 91.5 Å². The number of primary amides is 1. The third kappa shape index (κ3) is 8.97. The molecule has 0 saturated carbocycles. The van der Waals surface area contributed by atoms with E-state index in [1.165, 1.54) is 12.8 Å². The van der Waals surface area contributed by atoms with E-state index in [1.807, 2.05) is 30.3 Å². The molecule has 0 aliphatic heterocycles. The highest BCUT2D eigenvalue weighted by molar-refractivity contribution is 5.76. The number of carbonyl (C=O) groups is 1. The van der Waals surface area contributed by atoms with E-state index < -0.39 is 0 Å². The SMILES string of the molecule is CCCCN.NC(=O)Cc1ccccc1. The summed E-state index contributed by atoms with van der Waals surface area (Å²) in [4.78, 5) is 10.4. The number of benzene rings is 1. The number of rotatable bonds is 4. The van der Waals surface area contributed by atoms with E-state index in [-0.39, 0.29) is 5.91 Å². The molecule has 1 rings (SSSR count). The Bertz CT molecular complexity index is 258. The standard InChI is InChI=1S/C8H9NO.C4H11N/c9-8(10)6-7-4-2-1-3-5-7;1-2-3-4-5/h1-5H,6H2,(H2,9,10);2-5H2,1H3. The van der Waals surface area contributed by atoms with Gasteiger partial charge < -0.3 is 11.5 Å². The van der Waals surface area contributed by atoms with Crippen LogP contribution in [0, 0.1) is 0 Å². The summed E-state index contributed by atoms with van der Waals surface area (Å²) in [5.74, 6) is -0.286. The molecule has 84 valence electrons. The molecule has 0 spiro atoms. The van der Waals surface area contributed by atoms with Crippen LogP contribution in [-0.2, 0) is 11.2 Å². The molecule has 3 nitrogen and oxygen atoms in total. The minimum atomic E-state index is -0.286. The van der Waals surface area contributed by atoms with E-state index in [0.717, 1.165) is 12.1 Å². The van der Waals surface area contributed by atoms with Crippen LogP contribution >= 0.6 is 0 Å². The summed E-state index contributed by atoms with van der Waals surface area (Å²) in [6, 6.07) is 9.44. The van der Waals surface area contributed by atoms with Crippen molar-refractivity contribution in [2.75, 3.05) is 6.54 Å². The second kappa shape index (κ2) is 9.21. The fraction of sp³-hybridized carbons (Fsp3) is 0.417. The molecule has 0 radical (unpaired) electrons. The summed E-state index contributed by atoms with van der Waals surface area (Å²) in [5, 5.41) is 0. The highest BCUT2D eigenvalue weighted by Gasteiger charge is 1.94. The van der Waals surface area contributed by atoms with Crippen LogP contribution in [0.3, 0.4) is 0 Å². The topological polar surface area (TPSA) is 69.1 Å². The molecule has 4 N–H and O–H groups in total. The average Bonchev–Trinajstić information content (AvgIpc) is 2.20. The molecule has 0 bridgehead atoms. The molecule has 1 aromatic rings. The maximum absolute atomic E-state index is 10.4. The van der Waals surface area contributed by atoms with Gasteiger partial charge in [-0.05, 0) is 18.5 Å². The third-order valence-electron chi connectivity index (χ3n) is 1.78. The predicted octanol–water partition coefficient (Wildman–Crippen LogP) is 1.46. The Balaban J connectivity index is 0.000000336. The summed E-state index contributed by atoms with van der Waals surface area (Å²) in [5.41, 5.74) is 11.1. The van der Waals surface area contributed by atoms with Crippen LogP contribution in [0.1, 0.15) is 25.3 Å². The molecule has 1 aromatic carbocycles. The first kappa shape index (κ1) is 13.7. The summed E-state index contributed by atoms with van der Waals surface area (Å²) in [6.45, 7) is 2.98. The van der Waals surface area contributed by atoms with Gasteiger partial charge in [0, 0.05) is 0 Å². The number of unbranched alkanes of at least 4 members (excludes halogenated alkanes) is 1. The molecule has 0 saturated heterocycles. The molecular formula is C12H20N2O. The van der Waals surface area contributed by atoms with Crippen molar-refractivity contribution in [3.8, 4) is 0 Å². The molecule has 1 amide bonds. The second-order valence-corrected chi connectivity index (χ2v) is 3.27. The van der Waals surface area contributed by atoms with Crippen molar-refractivity contribution in [3.05, 3.63) is 35.9 Å². The lowest BCUT2D eigenvalue weighted by atomic mass is 10.1. The maximum atomic E-state index is 10.4. The second-order valence-electron chi connectivity index (χ2n) is 3.27. The number of hydrogen-bond acceptors (Lipinski definition) is 2. The zero-order valence-corrected chi connectivity index (χ0v) is 9.28. The molecule has 0 aromatic heterocycles. The molecule has 0 atom stereocenters. The molecule has 15 heavy (non-hydrogen) atoms. The highest BCUT2D eigenvalue weighted by atomic mass is 16.1. The molecule has 0 fully saturated rings. The Kier molecular flexibility index (Phi) is 8.39. The molecule has 0 unspecified atom stereocenters. The van der Waals surface area contributed by atoms with E-state index in [2.05, 4.69) is 6.92 Å². The van der Waals surface area contributed by atoms with Gasteiger partial charge >= 0.3 is 0 Å². The average molecular weight is 208 g/mol. The monoisotopic (exact) mass is 208 g/mol. The first-order valence-electron chi connectivity index (χ1n) is 5.23. The van der Waals surface area contributed by atoms with E-state index in [4.69, 9.17) is 11.5 Å². The minimum Gasteiger partial charge on any atom is -0.369 e. The normalized spacial score (nSPS) is 8.93. The Morgan fingerprint density at radius 3 is 2.20 bits per heavy atom. The van der Waals surface area contributed by atoms with Gasteiger partial charge in [-0.1, -0.05) is 43.7 Å². The van der Waals surface area contributed by atoms with Crippen molar-refractivity contribution >= 4 is 5.91 Å². The smallest absolute Gasteiger partial charge is 0.221 e. The summed E-state index contributed by atoms with van der Waals surface area (Å²) in [6.07, 6.45) is 2.72. The van der Waals surface area contributed by atoms with Gasteiger partial charge in [0.25, 0.3) is 0 Å². The van der Waals surface area contributed by atoms with Gasteiger partial charge in [0.05, 0.1) is 6.42 Å². The minimum absolute atomic E-state index is 0.286. The fourth-order valence-corrected chi connectivity index (χ4v) is 1.00. The molecule has 3 heteroatoms. The van der Waals surface area contributed by atoms with Gasteiger partial charge in [-0.2, -0.15) is 0 Å². The van der Waals surface area contributed by atoms with Gasteiger partial charge in [-0.15, -0.1) is 0 Å². The van der Waals surface area contributed by atoms with E-state index in [1.54, 1.807) is 0 Å². The number of carbonyl (C=O) groups excluding carboxylic acids is 1. The van der Waals surface area contributed by atoms with Crippen LogP contribution in [-0.4, -0.2) is 12.5 Å². The number of hydrogen-bond donors (Lipinski definition) is 2. The zero-order chi connectivity index (χ0) is 11.5. The number of nitrogens with two attached hydrogens (primary N) is 2. The van der Waals surface area contributed by atoms with Crippen LogP contribution < -0.4 is 11.5 Å². The fourth-order valence-electron chi connectivity index (χ4n) is 1.00. The first-order chi connectivity index (χ1) is 7.20. The van der Waals surface area contributed by atoms with E-state index >= 15 is 0 Å². The Hall–Kier alpha value is -1.35. The summed E-state index contributed by atoms with van der Waals surface area (Å²) in [7, 11) is 0. The molecule has 0 heterocycles. The third-order valence-corrected chi connectivity index (χ3v) is 1.78. The first-order valence-corrected chi connectivity index (χ1v) is 5.23. The van der Waals surface area contributed by atoms with Crippen LogP contribution in [0.5, 0.6) is 0 Å². The lowest BCUT2D eigenvalue weighted by Gasteiger charge is -1.93. The molecule has 0 aliphatic rings. The van der Waals surface area contributed by atoms with Gasteiger partial charge in [0.2, 0.25) is 5.91 Å². The quantitative estimate of drug-likeness (QED) is 0.786. The van der Waals surface area contributed by atoms with Crippen molar-refractivity contribution < 1.29 is 4.79 Å². The Morgan fingerprint density at radius 1 is 1.27 bits per heavy atom. The van der Waals surface area contributed by atoms with Crippen molar-refractivity contribution in [1.82, 2.24) is 0 Å². The van der Waals surface area contributed by atoms with Crippen LogP contribution in [0.4, 0.5) is 0 Å². The van der Waals surface area contributed by atoms with Gasteiger partial charge in [-0.3, -0.25) is 4.79 Å². The van der Waals surface area contributed by atoms with E-state index in [9.17, 15) is 4.79 Å². The lowest BCUT2D eigenvalue weighted by molar-refractivity contribution is -0.117. The molecule has 0 aliphatic carbocycles. The van der Waals surface area contributed by atoms with Crippen molar-refractivity contribution in [2.24, 2.45) is 11.5 Å². The summed E-state index contributed by atoms with van der Waals surface area (Å²) < 4.78 is 0. The van der Waals surface area contributed by atoms with Crippen molar-refractivity contribution in [2.45, 2.75) is 26.2 Å². The van der Waals surface area contributed by atoms with Crippen molar-refractivity contribution in [3.63, 3.8) is 0 Å². The van der Waals surface area contributed by atoms with Crippen molar-refractivity contribution in [1.29, 1.82) is 0 Å². The van der Waals surface area contributed by atoms with Crippen LogP contribution in [0.2, 0.25) is 0 Å². The summed E-state index contributed by atoms with van der Waals surface area (Å²) >= 11 is 0. The van der Waals surface area contributed by atoms with Gasteiger partial charge in [0.15, 0.2) is 0 Å². The lowest BCUT2D eigenvalue weighted by Crippen LogP contribution is -2.13. The van der Waals surface area contributed by atoms with Crippen LogP contribution in [0.15, 0.2) is 30.3 Å². The van der Waals surface area contributed by atoms with Gasteiger partial charge in [-0.25, -0.2) is 0 Å². The highest BCUT2D eigenvalue weighted by Crippen LogP contribution is 1.97. The van der Waals surface area contributed by atoms with Crippen LogP contribution in [0.25, 0.3) is 0 Å². The Morgan fingerprint density at radius 2 is 1.87 bits per heavy atom. The predicted molar refractivity (Wildman–Crippen MR) is 63.3 cm³/mol. The maximum Gasteiger partial charge on any atom is 0.221 e.